The second-order valence-corrected chi connectivity index (χ2v) is 5.37. The molecule has 1 unspecified atom stereocenters. The Labute approximate surface area is 119 Å². The fraction of sp³-hybridized carbons (Fsp3) is 0.438. The van der Waals surface area contributed by atoms with Crippen molar-refractivity contribution in [2.45, 2.75) is 39.3 Å². The van der Waals surface area contributed by atoms with E-state index in [1.165, 1.54) is 5.56 Å². The van der Waals surface area contributed by atoms with Gasteiger partial charge in [0.2, 0.25) is 0 Å². The van der Waals surface area contributed by atoms with E-state index in [2.05, 4.69) is 29.5 Å². The number of aliphatic hydroxyl groups excluding tert-OH is 1. The first-order valence-corrected chi connectivity index (χ1v) is 7.26. The molecular weight excluding hydrogens is 250 g/mol. The van der Waals surface area contributed by atoms with Gasteiger partial charge in [0, 0.05) is 36.5 Å². The number of benzene rings is 1. The average molecular weight is 271 g/mol. The van der Waals surface area contributed by atoms with E-state index < -0.39 is 6.10 Å². The predicted molar refractivity (Wildman–Crippen MR) is 79.9 cm³/mol. The monoisotopic (exact) mass is 271 g/mol. The lowest BCUT2D eigenvalue weighted by molar-refractivity contribution is 0.176. The summed E-state index contributed by atoms with van der Waals surface area (Å²) in [4.78, 5) is 0. The second kappa shape index (κ2) is 5.29. The van der Waals surface area contributed by atoms with E-state index >= 15 is 0 Å². The molecule has 0 saturated carbocycles. The van der Waals surface area contributed by atoms with Crippen LogP contribution in [0.25, 0.3) is 0 Å². The molecule has 1 aliphatic rings. The normalized spacial score (nSPS) is 14.9. The standard InChI is InChI=1S/C16H21N3O/c1-3-19-13(9-11(2)18-19)10-15(20)14-6-4-5-12-7-8-17-16(12)14/h4-6,9,15,17,20H,3,7-8,10H2,1-2H3. The van der Waals surface area contributed by atoms with Gasteiger partial charge in [-0.25, -0.2) is 0 Å². The molecule has 2 N–H and O–H groups in total. The lowest BCUT2D eigenvalue weighted by Gasteiger charge is -2.16. The zero-order chi connectivity index (χ0) is 14.1. The van der Waals surface area contributed by atoms with Gasteiger partial charge in [-0.15, -0.1) is 0 Å². The number of aryl methyl sites for hydroxylation is 2. The molecule has 2 aromatic rings. The maximum absolute atomic E-state index is 10.6. The van der Waals surface area contributed by atoms with E-state index in [0.29, 0.717) is 6.42 Å². The summed E-state index contributed by atoms with van der Waals surface area (Å²) in [6.45, 7) is 5.86. The zero-order valence-corrected chi connectivity index (χ0v) is 12.1. The highest BCUT2D eigenvalue weighted by molar-refractivity contribution is 5.62. The third kappa shape index (κ3) is 2.31. The Morgan fingerprint density at radius 1 is 1.45 bits per heavy atom. The van der Waals surface area contributed by atoms with Crippen molar-refractivity contribution in [3.63, 3.8) is 0 Å². The summed E-state index contributed by atoms with van der Waals surface area (Å²) >= 11 is 0. The van der Waals surface area contributed by atoms with Crippen molar-refractivity contribution in [2.75, 3.05) is 11.9 Å². The summed E-state index contributed by atoms with van der Waals surface area (Å²) in [6, 6.07) is 8.24. The van der Waals surface area contributed by atoms with Crippen LogP contribution in [0.2, 0.25) is 0 Å². The van der Waals surface area contributed by atoms with E-state index in [1.807, 2.05) is 23.7 Å². The van der Waals surface area contributed by atoms with Gasteiger partial charge in [0.25, 0.3) is 0 Å². The number of hydrogen-bond acceptors (Lipinski definition) is 3. The Kier molecular flexibility index (Phi) is 3.49. The molecule has 20 heavy (non-hydrogen) atoms. The highest BCUT2D eigenvalue weighted by Gasteiger charge is 2.20. The van der Waals surface area contributed by atoms with Crippen LogP contribution in [0, 0.1) is 6.92 Å². The number of anilines is 1. The van der Waals surface area contributed by atoms with Crippen LogP contribution in [0.5, 0.6) is 0 Å². The Hall–Kier alpha value is -1.81. The summed E-state index contributed by atoms with van der Waals surface area (Å²) in [5.41, 5.74) is 5.53. The van der Waals surface area contributed by atoms with Crippen LogP contribution in [-0.4, -0.2) is 21.4 Å². The van der Waals surface area contributed by atoms with E-state index in [9.17, 15) is 5.11 Å². The number of fused-ring (bicyclic) bond motifs is 1. The lowest BCUT2D eigenvalue weighted by Crippen LogP contribution is -2.10. The Bertz CT molecular complexity index is 618. The highest BCUT2D eigenvalue weighted by atomic mass is 16.3. The van der Waals surface area contributed by atoms with Gasteiger partial charge in [0.1, 0.15) is 0 Å². The molecule has 106 valence electrons. The highest BCUT2D eigenvalue weighted by Crippen LogP contribution is 2.32. The first-order valence-electron chi connectivity index (χ1n) is 7.26. The van der Waals surface area contributed by atoms with Crippen molar-refractivity contribution >= 4 is 5.69 Å². The van der Waals surface area contributed by atoms with E-state index in [1.54, 1.807) is 0 Å². The molecule has 0 radical (unpaired) electrons. The van der Waals surface area contributed by atoms with Crippen molar-refractivity contribution < 1.29 is 5.11 Å². The fourth-order valence-electron chi connectivity index (χ4n) is 2.99. The number of rotatable bonds is 4. The van der Waals surface area contributed by atoms with Crippen LogP contribution < -0.4 is 5.32 Å². The Morgan fingerprint density at radius 3 is 3.10 bits per heavy atom. The van der Waals surface area contributed by atoms with Gasteiger partial charge in [0.15, 0.2) is 0 Å². The number of para-hydroxylation sites is 1. The molecule has 2 heterocycles. The van der Waals surface area contributed by atoms with Crippen LogP contribution in [0.15, 0.2) is 24.3 Å². The predicted octanol–water partition coefficient (Wildman–Crippen LogP) is 2.46. The lowest BCUT2D eigenvalue weighted by atomic mass is 10.00. The smallest absolute Gasteiger partial charge is 0.0865 e. The number of hydrogen-bond donors (Lipinski definition) is 2. The fourth-order valence-corrected chi connectivity index (χ4v) is 2.99. The van der Waals surface area contributed by atoms with Gasteiger partial charge >= 0.3 is 0 Å². The maximum atomic E-state index is 10.6. The Balaban J connectivity index is 1.86. The van der Waals surface area contributed by atoms with Crippen LogP contribution in [0.3, 0.4) is 0 Å². The van der Waals surface area contributed by atoms with Crippen LogP contribution in [0.4, 0.5) is 5.69 Å². The molecule has 4 nitrogen and oxygen atoms in total. The summed E-state index contributed by atoms with van der Waals surface area (Å²) < 4.78 is 1.97. The van der Waals surface area contributed by atoms with Gasteiger partial charge in [0.05, 0.1) is 11.8 Å². The summed E-state index contributed by atoms with van der Waals surface area (Å²) in [5, 5.41) is 18.4. The zero-order valence-electron chi connectivity index (χ0n) is 12.1. The van der Waals surface area contributed by atoms with Crippen LogP contribution in [-0.2, 0) is 19.4 Å². The molecule has 1 aromatic carbocycles. The SMILES string of the molecule is CCn1nc(C)cc1CC(O)c1cccc2c1NCC2. The summed E-state index contributed by atoms with van der Waals surface area (Å²) in [5.74, 6) is 0. The van der Waals surface area contributed by atoms with Gasteiger partial charge in [-0.1, -0.05) is 18.2 Å². The third-order valence-electron chi connectivity index (χ3n) is 3.93. The maximum Gasteiger partial charge on any atom is 0.0865 e. The molecular formula is C16H21N3O. The molecule has 1 aliphatic heterocycles. The summed E-state index contributed by atoms with van der Waals surface area (Å²) in [6.07, 6.45) is 1.16. The molecule has 0 fully saturated rings. The number of nitrogens with one attached hydrogen (secondary N) is 1. The number of aromatic nitrogens is 2. The Morgan fingerprint density at radius 2 is 2.30 bits per heavy atom. The minimum Gasteiger partial charge on any atom is -0.388 e. The molecule has 0 aliphatic carbocycles. The van der Waals surface area contributed by atoms with Crippen molar-refractivity contribution in [3.05, 3.63) is 46.8 Å². The van der Waals surface area contributed by atoms with Crippen molar-refractivity contribution in [2.24, 2.45) is 0 Å². The molecule has 0 saturated heterocycles. The number of nitrogens with zero attached hydrogens (tertiary/aromatic N) is 2. The molecule has 0 spiro atoms. The largest absolute Gasteiger partial charge is 0.388 e. The number of aliphatic hydroxyl groups is 1. The van der Waals surface area contributed by atoms with Crippen LogP contribution in [0.1, 0.15) is 35.5 Å². The second-order valence-electron chi connectivity index (χ2n) is 5.37. The summed E-state index contributed by atoms with van der Waals surface area (Å²) in [7, 11) is 0. The quantitative estimate of drug-likeness (QED) is 0.898. The van der Waals surface area contributed by atoms with Crippen LogP contribution >= 0.6 is 0 Å². The molecule has 0 bridgehead atoms. The van der Waals surface area contributed by atoms with Crippen molar-refractivity contribution in [1.29, 1.82) is 0 Å². The van der Waals surface area contributed by atoms with Gasteiger partial charge in [-0.3, -0.25) is 4.68 Å². The van der Waals surface area contributed by atoms with E-state index in [-0.39, 0.29) is 0 Å². The first kappa shape index (κ1) is 13.2. The topological polar surface area (TPSA) is 50.1 Å². The van der Waals surface area contributed by atoms with Gasteiger partial charge < -0.3 is 10.4 Å². The third-order valence-corrected chi connectivity index (χ3v) is 3.93. The molecule has 0 amide bonds. The van der Waals surface area contributed by atoms with Gasteiger partial charge in [-0.05, 0) is 31.9 Å². The molecule has 4 heteroatoms. The van der Waals surface area contributed by atoms with Gasteiger partial charge in [-0.2, -0.15) is 5.10 Å². The van der Waals surface area contributed by atoms with E-state index in [4.69, 9.17) is 0 Å². The first-order chi connectivity index (χ1) is 9.69. The van der Waals surface area contributed by atoms with Crippen molar-refractivity contribution in [3.8, 4) is 0 Å². The minimum atomic E-state index is -0.489. The van der Waals surface area contributed by atoms with E-state index in [0.717, 1.165) is 42.1 Å². The molecule has 1 aromatic heterocycles. The average Bonchev–Trinajstić information content (AvgIpc) is 3.04. The van der Waals surface area contributed by atoms with Crippen molar-refractivity contribution in [1.82, 2.24) is 9.78 Å². The molecule has 3 rings (SSSR count). The molecule has 1 atom stereocenters. The minimum absolute atomic E-state index is 0.489.